The second-order valence-electron chi connectivity index (χ2n) is 5.07. The molecule has 1 aliphatic rings. The number of hydrogen-bond donors (Lipinski definition) is 0. The van der Waals surface area contributed by atoms with Crippen molar-refractivity contribution in [2.45, 2.75) is 58.5 Å². The van der Waals surface area contributed by atoms with E-state index in [-0.39, 0.29) is 18.0 Å². The second-order valence-corrected chi connectivity index (χ2v) is 5.07. The predicted molar refractivity (Wildman–Crippen MR) is 69.8 cm³/mol. The topological polar surface area (TPSA) is 58.9 Å². The first-order valence-electron chi connectivity index (χ1n) is 6.87. The minimum Gasteiger partial charge on any atom is -0.211 e. The Kier molecular flexibility index (Phi) is 5.97. The molecule has 4 unspecified atom stereocenters. The van der Waals surface area contributed by atoms with Crippen LogP contribution in [0.3, 0.4) is 0 Å². The summed E-state index contributed by atoms with van der Waals surface area (Å²) < 4.78 is 0. The lowest BCUT2D eigenvalue weighted by Crippen LogP contribution is -2.45. The number of isocyanates is 2. The van der Waals surface area contributed by atoms with E-state index in [0.29, 0.717) is 11.8 Å². The largest absolute Gasteiger partial charge is 0.235 e. The van der Waals surface area contributed by atoms with E-state index in [1.165, 1.54) is 0 Å². The van der Waals surface area contributed by atoms with Crippen molar-refractivity contribution in [3.8, 4) is 0 Å². The zero-order valence-electron chi connectivity index (χ0n) is 11.4. The summed E-state index contributed by atoms with van der Waals surface area (Å²) in [5.74, 6) is 0.968. The van der Waals surface area contributed by atoms with Crippen LogP contribution in [0.15, 0.2) is 9.98 Å². The summed E-state index contributed by atoms with van der Waals surface area (Å²) >= 11 is 0. The van der Waals surface area contributed by atoms with Crippen LogP contribution >= 0.6 is 0 Å². The fourth-order valence-electron chi connectivity index (χ4n) is 3.39. The van der Waals surface area contributed by atoms with Gasteiger partial charge in [0.05, 0.1) is 12.1 Å². The average molecular weight is 250 g/mol. The van der Waals surface area contributed by atoms with Crippen molar-refractivity contribution in [2.75, 3.05) is 0 Å². The van der Waals surface area contributed by atoms with Gasteiger partial charge in [-0.1, -0.05) is 33.6 Å². The Labute approximate surface area is 109 Å². The van der Waals surface area contributed by atoms with E-state index in [2.05, 4.69) is 30.8 Å². The molecule has 0 amide bonds. The van der Waals surface area contributed by atoms with Crippen LogP contribution in [-0.2, 0) is 9.59 Å². The first-order chi connectivity index (χ1) is 8.73. The molecule has 0 aliphatic heterocycles. The molecule has 0 aromatic carbocycles. The minimum absolute atomic E-state index is 0.0394. The molecule has 0 radical (unpaired) electrons. The molecule has 1 aliphatic carbocycles. The summed E-state index contributed by atoms with van der Waals surface area (Å²) in [7, 11) is 0. The minimum atomic E-state index is -0.0394. The van der Waals surface area contributed by atoms with Gasteiger partial charge < -0.3 is 0 Å². The smallest absolute Gasteiger partial charge is 0.211 e. The van der Waals surface area contributed by atoms with Crippen LogP contribution < -0.4 is 0 Å². The predicted octanol–water partition coefficient (Wildman–Crippen LogP) is 2.88. The van der Waals surface area contributed by atoms with Crippen LogP contribution in [-0.4, -0.2) is 24.2 Å². The van der Waals surface area contributed by atoms with Crippen LogP contribution in [0, 0.1) is 17.8 Å². The van der Waals surface area contributed by atoms with Gasteiger partial charge in [-0.05, 0) is 24.7 Å². The normalized spacial score (nSPS) is 35.4. The van der Waals surface area contributed by atoms with Gasteiger partial charge in [0.2, 0.25) is 12.2 Å². The SMILES string of the molecule is CCC1CC(CC)C(N=C=O)C(CC)C1N=C=O. The zero-order chi connectivity index (χ0) is 13.5. The van der Waals surface area contributed by atoms with Crippen molar-refractivity contribution in [1.29, 1.82) is 0 Å². The molecule has 0 bridgehead atoms. The van der Waals surface area contributed by atoms with Gasteiger partial charge in [-0.15, -0.1) is 0 Å². The molecule has 1 saturated carbocycles. The van der Waals surface area contributed by atoms with E-state index in [1.54, 1.807) is 12.2 Å². The van der Waals surface area contributed by atoms with Crippen molar-refractivity contribution in [3.63, 3.8) is 0 Å². The van der Waals surface area contributed by atoms with Gasteiger partial charge in [-0.25, -0.2) is 19.6 Å². The van der Waals surface area contributed by atoms with Gasteiger partial charge in [0.15, 0.2) is 0 Å². The molecule has 1 rings (SSSR count). The Hall–Kier alpha value is -1.24. The molecule has 0 spiro atoms. The zero-order valence-corrected chi connectivity index (χ0v) is 11.4. The second kappa shape index (κ2) is 7.25. The fraction of sp³-hybridized carbons (Fsp3) is 0.857. The number of aliphatic imine (C=N–C) groups is 2. The summed E-state index contributed by atoms with van der Waals surface area (Å²) in [4.78, 5) is 29.2. The highest BCUT2D eigenvalue weighted by Crippen LogP contribution is 2.41. The molecule has 0 aromatic rings. The maximum absolute atomic E-state index is 10.6. The highest BCUT2D eigenvalue weighted by atomic mass is 16.1. The van der Waals surface area contributed by atoms with Gasteiger partial charge in [0, 0.05) is 5.92 Å². The van der Waals surface area contributed by atoms with Crippen LogP contribution in [0.4, 0.5) is 0 Å². The summed E-state index contributed by atoms with van der Waals surface area (Å²) in [6.45, 7) is 6.32. The van der Waals surface area contributed by atoms with Crippen molar-refractivity contribution >= 4 is 12.2 Å². The number of hydrogen-bond acceptors (Lipinski definition) is 4. The summed E-state index contributed by atoms with van der Waals surface area (Å²) in [5, 5.41) is 0. The Morgan fingerprint density at radius 3 is 1.61 bits per heavy atom. The highest BCUT2D eigenvalue weighted by Gasteiger charge is 2.42. The van der Waals surface area contributed by atoms with Crippen molar-refractivity contribution in [2.24, 2.45) is 27.7 Å². The lowest BCUT2D eigenvalue weighted by Gasteiger charge is -2.42. The quantitative estimate of drug-likeness (QED) is 0.556. The molecular weight excluding hydrogens is 228 g/mol. The first kappa shape index (κ1) is 14.8. The Balaban J connectivity index is 3.09. The van der Waals surface area contributed by atoms with E-state index >= 15 is 0 Å². The lowest BCUT2D eigenvalue weighted by molar-refractivity contribution is 0.123. The summed E-state index contributed by atoms with van der Waals surface area (Å²) in [6, 6.07) is -0.0789. The summed E-state index contributed by atoms with van der Waals surface area (Å²) in [6.07, 6.45) is 7.25. The van der Waals surface area contributed by atoms with Crippen LogP contribution in [0.25, 0.3) is 0 Å². The molecule has 0 heterocycles. The molecule has 0 N–H and O–H groups in total. The maximum atomic E-state index is 10.6. The van der Waals surface area contributed by atoms with Crippen molar-refractivity contribution < 1.29 is 9.59 Å². The van der Waals surface area contributed by atoms with Crippen LogP contribution in [0.1, 0.15) is 46.5 Å². The van der Waals surface area contributed by atoms with E-state index in [4.69, 9.17) is 0 Å². The molecule has 4 atom stereocenters. The Morgan fingerprint density at radius 2 is 1.33 bits per heavy atom. The first-order valence-corrected chi connectivity index (χ1v) is 6.87. The van der Waals surface area contributed by atoms with Gasteiger partial charge >= 0.3 is 0 Å². The fourth-order valence-corrected chi connectivity index (χ4v) is 3.39. The average Bonchev–Trinajstić information content (AvgIpc) is 2.40. The third kappa shape index (κ3) is 2.95. The van der Waals surface area contributed by atoms with Crippen LogP contribution in [0.5, 0.6) is 0 Å². The molecule has 0 saturated heterocycles. The number of nitrogens with zero attached hydrogens (tertiary/aromatic N) is 2. The molecule has 0 aromatic heterocycles. The van der Waals surface area contributed by atoms with Gasteiger partial charge in [0.1, 0.15) is 0 Å². The molecule has 100 valence electrons. The highest BCUT2D eigenvalue weighted by molar-refractivity contribution is 5.35. The third-order valence-electron chi connectivity index (χ3n) is 4.37. The molecule has 18 heavy (non-hydrogen) atoms. The van der Waals surface area contributed by atoms with Gasteiger partial charge in [-0.3, -0.25) is 0 Å². The number of carbonyl (C=O) groups excluding carboxylic acids is 2. The summed E-state index contributed by atoms with van der Waals surface area (Å²) in [5.41, 5.74) is 0. The molecule has 4 nitrogen and oxygen atoms in total. The van der Waals surface area contributed by atoms with Gasteiger partial charge in [0.25, 0.3) is 0 Å². The number of rotatable bonds is 5. The third-order valence-corrected chi connectivity index (χ3v) is 4.37. The van der Waals surface area contributed by atoms with E-state index in [0.717, 1.165) is 25.7 Å². The standard InChI is InChI=1S/C14H22N2O2/c1-4-10-7-11(5-2)14(16-9-18)12(6-3)13(10)15-8-17/h10-14H,4-7H2,1-3H3. The van der Waals surface area contributed by atoms with Crippen LogP contribution in [0.2, 0.25) is 0 Å². The monoisotopic (exact) mass is 250 g/mol. The lowest BCUT2D eigenvalue weighted by atomic mass is 9.66. The van der Waals surface area contributed by atoms with E-state index < -0.39 is 0 Å². The van der Waals surface area contributed by atoms with Crippen molar-refractivity contribution in [1.82, 2.24) is 0 Å². The van der Waals surface area contributed by atoms with Gasteiger partial charge in [-0.2, -0.15) is 0 Å². The Bertz CT molecular complexity index is 325. The molecule has 1 fully saturated rings. The molecule has 4 heteroatoms. The Morgan fingerprint density at radius 1 is 0.889 bits per heavy atom. The maximum Gasteiger partial charge on any atom is 0.235 e. The van der Waals surface area contributed by atoms with E-state index in [1.807, 2.05) is 0 Å². The van der Waals surface area contributed by atoms with Crippen molar-refractivity contribution in [3.05, 3.63) is 0 Å². The molecular formula is C14H22N2O2. The van der Waals surface area contributed by atoms with E-state index in [9.17, 15) is 9.59 Å².